The maximum atomic E-state index is 12.2. The number of hydrogen-bond acceptors (Lipinski definition) is 4. The van der Waals surface area contributed by atoms with Gasteiger partial charge in [-0.3, -0.25) is 9.69 Å². The minimum atomic E-state index is -0.0294. The van der Waals surface area contributed by atoms with Crippen LogP contribution in [0.25, 0.3) is 6.08 Å². The minimum Gasteiger partial charge on any atom is -0.363 e. The lowest BCUT2D eigenvalue weighted by Gasteiger charge is -2.31. The highest BCUT2D eigenvalue weighted by atomic mass is 16.1. The van der Waals surface area contributed by atoms with E-state index in [1.807, 2.05) is 13.0 Å². The summed E-state index contributed by atoms with van der Waals surface area (Å²) in [6, 6.07) is 10.7. The van der Waals surface area contributed by atoms with Gasteiger partial charge in [-0.15, -0.1) is 0 Å². The summed E-state index contributed by atoms with van der Waals surface area (Å²) in [6.07, 6.45) is 9.88. The summed E-state index contributed by atoms with van der Waals surface area (Å²) in [5, 5.41) is 3.34. The van der Waals surface area contributed by atoms with Gasteiger partial charge in [-0.05, 0) is 25.3 Å². The zero-order chi connectivity index (χ0) is 17.5. The number of piperidine rings is 1. The van der Waals surface area contributed by atoms with E-state index in [0.717, 1.165) is 32.5 Å². The van der Waals surface area contributed by atoms with Crippen molar-refractivity contribution in [1.82, 2.24) is 14.5 Å². The number of likely N-dealkylation sites (tertiary alicyclic amines) is 1. The molecule has 5 heteroatoms. The Balaban J connectivity index is 1.47. The van der Waals surface area contributed by atoms with Crippen molar-refractivity contribution in [2.75, 3.05) is 25.0 Å². The van der Waals surface area contributed by atoms with E-state index in [1.54, 1.807) is 17.0 Å². The Morgan fingerprint density at radius 2 is 2.00 bits per heavy atom. The van der Waals surface area contributed by atoms with Crippen molar-refractivity contribution in [3.05, 3.63) is 64.7 Å². The Kier molecular flexibility index (Phi) is 6.01. The molecule has 3 rings (SSSR count). The first kappa shape index (κ1) is 17.4. The highest BCUT2D eigenvalue weighted by Gasteiger charge is 2.19. The number of rotatable bonds is 6. The number of aryl methyl sites for hydroxylation is 1. The van der Waals surface area contributed by atoms with E-state index in [-0.39, 0.29) is 5.56 Å². The third-order valence-corrected chi connectivity index (χ3v) is 4.66. The molecular weight excluding hydrogens is 312 g/mol. The number of anilines is 1. The van der Waals surface area contributed by atoms with Crippen molar-refractivity contribution >= 4 is 11.9 Å². The van der Waals surface area contributed by atoms with E-state index in [9.17, 15) is 4.79 Å². The van der Waals surface area contributed by atoms with Crippen molar-refractivity contribution in [1.29, 1.82) is 0 Å². The molecule has 2 aromatic rings. The molecule has 1 saturated heterocycles. The predicted molar refractivity (Wildman–Crippen MR) is 103 cm³/mol. The quantitative estimate of drug-likeness (QED) is 0.880. The van der Waals surface area contributed by atoms with Crippen LogP contribution in [0.1, 0.15) is 25.3 Å². The first-order chi connectivity index (χ1) is 12.3. The molecular formula is C20H26N4O. The lowest BCUT2D eigenvalue weighted by molar-refractivity contribution is 0.240. The standard InChI is InChI=1S/C20H26N4O/c1-2-24-16-12-21-19(20(24)25)22-18-10-14-23(15-11-18)13-6-9-17-7-4-3-5-8-17/h3-9,12,16,18H,2,10-11,13-15H2,1H3,(H,21,22)/b9-6+. The molecule has 0 amide bonds. The largest absolute Gasteiger partial charge is 0.363 e. The van der Waals surface area contributed by atoms with Gasteiger partial charge >= 0.3 is 0 Å². The summed E-state index contributed by atoms with van der Waals surface area (Å²) in [4.78, 5) is 18.9. The topological polar surface area (TPSA) is 50.2 Å². The molecule has 132 valence electrons. The summed E-state index contributed by atoms with van der Waals surface area (Å²) < 4.78 is 1.68. The van der Waals surface area contributed by atoms with Crippen LogP contribution in [0, 0.1) is 0 Å². The van der Waals surface area contributed by atoms with Gasteiger partial charge in [-0.1, -0.05) is 42.5 Å². The van der Waals surface area contributed by atoms with Gasteiger partial charge in [0.1, 0.15) is 0 Å². The van der Waals surface area contributed by atoms with Crippen LogP contribution in [0.3, 0.4) is 0 Å². The maximum absolute atomic E-state index is 12.2. The number of aromatic nitrogens is 2. The molecule has 0 spiro atoms. The van der Waals surface area contributed by atoms with Gasteiger partial charge in [-0.2, -0.15) is 0 Å². The zero-order valence-corrected chi connectivity index (χ0v) is 14.8. The molecule has 1 aromatic carbocycles. The van der Waals surface area contributed by atoms with Crippen molar-refractivity contribution in [3.8, 4) is 0 Å². The van der Waals surface area contributed by atoms with Crippen LogP contribution in [0.4, 0.5) is 5.82 Å². The van der Waals surface area contributed by atoms with Crippen LogP contribution in [0.5, 0.6) is 0 Å². The average molecular weight is 338 g/mol. The number of benzene rings is 1. The minimum absolute atomic E-state index is 0.0294. The maximum Gasteiger partial charge on any atom is 0.293 e. The van der Waals surface area contributed by atoms with Crippen LogP contribution in [0.15, 0.2) is 53.6 Å². The summed E-state index contributed by atoms with van der Waals surface area (Å²) in [5.41, 5.74) is 1.21. The average Bonchev–Trinajstić information content (AvgIpc) is 2.66. The third-order valence-electron chi connectivity index (χ3n) is 4.66. The fourth-order valence-electron chi connectivity index (χ4n) is 3.15. The molecule has 25 heavy (non-hydrogen) atoms. The highest BCUT2D eigenvalue weighted by Crippen LogP contribution is 2.13. The molecule has 0 atom stereocenters. The van der Waals surface area contributed by atoms with Gasteiger partial charge < -0.3 is 9.88 Å². The predicted octanol–water partition coefficient (Wildman–Crippen LogP) is 2.85. The third kappa shape index (κ3) is 4.79. The fraction of sp³-hybridized carbons (Fsp3) is 0.400. The molecule has 0 radical (unpaired) electrons. The molecule has 1 aliphatic rings. The van der Waals surface area contributed by atoms with Crippen molar-refractivity contribution in [2.24, 2.45) is 0 Å². The van der Waals surface area contributed by atoms with E-state index >= 15 is 0 Å². The first-order valence-electron chi connectivity index (χ1n) is 9.02. The Morgan fingerprint density at radius 3 is 2.72 bits per heavy atom. The van der Waals surface area contributed by atoms with Gasteiger partial charge in [0.25, 0.3) is 5.56 Å². The Labute approximate surface area is 149 Å². The summed E-state index contributed by atoms with van der Waals surface area (Å²) in [6.45, 7) is 5.67. The second kappa shape index (κ2) is 8.62. The first-order valence-corrected chi connectivity index (χ1v) is 9.02. The smallest absolute Gasteiger partial charge is 0.293 e. The Bertz CT molecular complexity index is 746. The van der Waals surface area contributed by atoms with E-state index in [2.05, 4.69) is 51.6 Å². The van der Waals surface area contributed by atoms with Crippen LogP contribution < -0.4 is 10.9 Å². The van der Waals surface area contributed by atoms with E-state index in [4.69, 9.17) is 0 Å². The SMILES string of the molecule is CCn1ccnc(NC2CCN(C/C=C/c3ccccc3)CC2)c1=O. The van der Waals surface area contributed by atoms with Crippen molar-refractivity contribution in [2.45, 2.75) is 32.4 Å². The lowest BCUT2D eigenvalue weighted by atomic mass is 10.1. The van der Waals surface area contributed by atoms with E-state index < -0.39 is 0 Å². The van der Waals surface area contributed by atoms with Crippen molar-refractivity contribution in [3.63, 3.8) is 0 Å². The second-order valence-electron chi connectivity index (χ2n) is 6.40. The lowest BCUT2D eigenvalue weighted by Crippen LogP contribution is -2.40. The van der Waals surface area contributed by atoms with Gasteiger partial charge in [0.05, 0.1) is 0 Å². The number of hydrogen-bond donors (Lipinski definition) is 1. The summed E-state index contributed by atoms with van der Waals surface area (Å²) >= 11 is 0. The van der Waals surface area contributed by atoms with Crippen LogP contribution in [-0.2, 0) is 6.54 Å². The molecule has 0 aliphatic carbocycles. The molecule has 5 nitrogen and oxygen atoms in total. The van der Waals surface area contributed by atoms with Gasteiger partial charge in [-0.25, -0.2) is 4.98 Å². The molecule has 0 bridgehead atoms. The molecule has 1 aliphatic heterocycles. The van der Waals surface area contributed by atoms with Crippen molar-refractivity contribution < 1.29 is 0 Å². The highest BCUT2D eigenvalue weighted by molar-refractivity contribution is 5.48. The zero-order valence-electron chi connectivity index (χ0n) is 14.8. The molecule has 1 aromatic heterocycles. The number of nitrogens with zero attached hydrogens (tertiary/aromatic N) is 3. The van der Waals surface area contributed by atoms with Gasteiger partial charge in [0.15, 0.2) is 5.82 Å². The normalized spacial score (nSPS) is 16.4. The Hall–Kier alpha value is -2.40. The monoisotopic (exact) mass is 338 g/mol. The van der Waals surface area contributed by atoms with E-state index in [1.165, 1.54) is 5.56 Å². The second-order valence-corrected chi connectivity index (χ2v) is 6.40. The number of nitrogens with one attached hydrogen (secondary N) is 1. The molecule has 1 N–H and O–H groups in total. The van der Waals surface area contributed by atoms with E-state index in [0.29, 0.717) is 18.4 Å². The van der Waals surface area contributed by atoms with Crippen LogP contribution >= 0.6 is 0 Å². The fourth-order valence-corrected chi connectivity index (χ4v) is 3.15. The van der Waals surface area contributed by atoms with Gasteiger partial charge in [0, 0.05) is 44.6 Å². The van der Waals surface area contributed by atoms with Gasteiger partial charge in [0.2, 0.25) is 0 Å². The summed E-state index contributed by atoms with van der Waals surface area (Å²) in [7, 11) is 0. The molecule has 0 unspecified atom stereocenters. The Morgan fingerprint density at radius 1 is 1.24 bits per heavy atom. The summed E-state index contributed by atoms with van der Waals surface area (Å²) in [5.74, 6) is 0.478. The van der Waals surface area contributed by atoms with Crippen LogP contribution in [0.2, 0.25) is 0 Å². The molecule has 0 saturated carbocycles. The molecule has 1 fully saturated rings. The molecule has 2 heterocycles. The van der Waals surface area contributed by atoms with Crippen LogP contribution in [-0.4, -0.2) is 40.1 Å².